The predicted octanol–water partition coefficient (Wildman–Crippen LogP) is 2.15. The highest BCUT2D eigenvalue weighted by Crippen LogP contribution is 2.34. The molecule has 142 valence electrons. The second-order valence-electron chi connectivity index (χ2n) is 6.76. The number of aromatic nitrogens is 2. The zero-order valence-corrected chi connectivity index (χ0v) is 15.0. The molecule has 2 N–H and O–H groups in total. The molecule has 28 heavy (non-hydrogen) atoms. The van der Waals surface area contributed by atoms with Gasteiger partial charge in [0.1, 0.15) is 11.6 Å². The van der Waals surface area contributed by atoms with Crippen LogP contribution in [0, 0.1) is 5.82 Å². The van der Waals surface area contributed by atoms with Crippen LogP contribution in [0.15, 0.2) is 47.3 Å². The number of amides is 2. The summed E-state index contributed by atoms with van der Waals surface area (Å²) < 4.78 is 13.5. The Hall–Kier alpha value is -3.55. The molecule has 0 saturated heterocycles. The van der Waals surface area contributed by atoms with Crippen LogP contribution in [0.5, 0.6) is 0 Å². The molecule has 0 fully saturated rings. The lowest BCUT2D eigenvalue weighted by molar-refractivity contribution is -0.134. The van der Waals surface area contributed by atoms with E-state index in [1.54, 1.807) is 31.3 Å². The van der Waals surface area contributed by atoms with Gasteiger partial charge in [0.15, 0.2) is 0 Å². The van der Waals surface area contributed by atoms with Gasteiger partial charge in [0.2, 0.25) is 11.8 Å². The highest BCUT2D eigenvalue weighted by molar-refractivity contribution is 6.01. The fourth-order valence-corrected chi connectivity index (χ4v) is 3.44. The van der Waals surface area contributed by atoms with E-state index in [0.717, 1.165) is 0 Å². The molecule has 2 aromatic carbocycles. The first-order valence-electron chi connectivity index (χ1n) is 8.74. The third-order valence-corrected chi connectivity index (χ3v) is 4.78. The molecule has 0 unspecified atom stereocenters. The van der Waals surface area contributed by atoms with E-state index in [2.05, 4.69) is 15.3 Å². The standard InChI is InChI=1S/C20H17FN4O3/c1-25(10-17-22-15-5-3-2-4-13(15)19(27)24-17)20(28)14-9-18(26)23-16-8-11(21)6-7-12(14)16/h2-8,14H,9-10H2,1H3,(H,23,26)(H,22,24,27)/t14-/m1/s1. The molecule has 0 spiro atoms. The molecule has 1 aliphatic rings. The number of carbonyl (C=O) groups is 2. The van der Waals surface area contributed by atoms with Gasteiger partial charge >= 0.3 is 0 Å². The van der Waals surface area contributed by atoms with Crippen LogP contribution < -0.4 is 10.9 Å². The summed E-state index contributed by atoms with van der Waals surface area (Å²) in [6, 6.07) is 10.9. The topological polar surface area (TPSA) is 95.2 Å². The third-order valence-electron chi connectivity index (χ3n) is 4.78. The SMILES string of the molecule is CN(Cc1nc2ccccc2c(=O)[nH]1)C(=O)[C@@H]1CC(=O)Nc2cc(F)ccc21. The smallest absolute Gasteiger partial charge is 0.258 e. The summed E-state index contributed by atoms with van der Waals surface area (Å²) in [6.45, 7) is 0.0769. The van der Waals surface area contributed by atoms with E-state index in [1.165, 1.54) is 23.1 Å². The van der Waals surface area contributed by atoms with E-state index in [4.69, 9.17) is 0 Å². The largest absolute Gasteiger partial charge is 0.338 e. The van der Waals surface area contributed by atoms with E-state index in [9.17, 15) is 18.8 Å². The number of carbonyl (C=O) groups excluding carboxylic acids is 2. The van der Waals surface area contributed by atoms with Crippen molar-refractivity contribution in [3.05, 3.63) is 70.0 Å². The zero-order valence-electron chi connectivity index (χ0n) is 15.0. The van der Waals surface area contributed by atoms with Crippen LogP contribution in [0.1, 0.15) is 23.7 Å². The summed E-state index contributed by atoms with van der Waals surface area (Å²) in [5.41, 5.74) is 1.14. The maximum atomic E-state index is 13.5. The zero-order chi connectivity index (χ0) is 19.8. The van der Waals surface area contributed by atoms with Crippen molar-refractivity contribution in [3.63, 3.8) is 0 Å². The van der Waals surface area contributed by atoms with Crippen molar-refractivity contribution in [1.29, 1.82) is 0 Å². The highest BCUT2D eigenvalue weighted by atomic mass is 19.1. The van der Waals surface area contributed by atoms with Gasteiger partial charge in [-0.05, 0) is 29.8 Å². The highest BCUT2D eigenvalue weighted by Gasteiger charge is 2.32. The average Bonchev–Trinajstić information content (AvgIpc) is 2.66. The Kier molecular flexibility index (Phi) is 4.38. The molecule has 3 aromatic rings. The van der Waals surface area contributed by atoms with Crippen LogP contribution in [0.3, 0.4) is 0 Å². The number of halogens is 1. The minimum atomic E-state index is -0.721. The molecule has 2 amide bonds. The molecular weight excluding hydrogens is 363 g/mol. The molecule has 0 bridgehead atoms. The fraction of sp³-hybridized carbons (Fsp3) is 0.200. The maximum Gasteiger partial charge on any atom is 0.258 e. The van der Waals surface area contributed by atoms with E-state index in [-0.39, 0.29) is 30.3 Å². The Labute approximate surface area is 159 Å². The molecule has 4 rings (SSSR count). The summed E-state index contributed by atoms with van der Waals surface area (Å²) in [7, 11) is 1.58. The van der Waals surface area contributed by atoms with Crippen molar-refractivity contribution < 1.29 is 14.0 Å². The lowest BCUT2D eigenvalue weighted by Gasteiger charge is -2.28. The second-order valence-corrected chi connectivity index (χ2v) is 6.76. The summed E-state index contributed by atoms with van der Waals surface area (Å²) >= 11 is 0. The molecule has 0 aliphatic carbocycles. The number of fused-ring (bicyclic) bond motifs is 2. The van der Waals surface area contributed by atoms with E-state index >= 15 is 0 Å². The van der Waals surface area contributed by atoms with Crippen molar-refractivity contribution in [1.82, 2.24) is 14.9 Å². The Morgan fingerprint density at radius 1 is 1.25 bits per heavy atom. The molecule has 8 heteroatoms. The summed E-state index contributed by atoms with van der Waals surface area (Å²) in [6.07, 6.45) is -0.0243. The number of hydrogen-bond donors (Lipinski definition) is 2. The summed E-state index contributed by atoms with van der Waals surface area (Å²) in [4.78, 5) is 45.6. The van der Waals surface area contributed by atoms with Crippen LogP contribution in [0.2, 0.25) is 0 Å². The first-order valence-corrected chi connectivity index (χ1v) is 8.74. The first kappa shape index (κ1) is 17.8. The minimum absolute atomic E-state index is 0.0243. The monoisotopic (exact) mass is 380 g/mol. The van der Waals surface area contributed by atoms with Crippen molar-refractivity contribution in [3.8, 4) is 0 Å². The minimum Gasteiger partial charge on any atom is -0.338 e. The number of nitrogens with zero attached hydrogens (tertiary/aromatic N) is 2. The number of likely N-dealkylation sites (N-methyl/N-ethyl adjacent to an activating group) is 1. The van der Waals surface area contributed by atoms with Gasteiger partial charge < -0.3 is 15.2 Å². The summed E-state index contributed by atoms with van der Waals surface area (Å²) in [5.74, 6) is -1.51. The molecule has 2 heterocycles. The van der Waals surface area contributed by atoms with Gasteiger partial charge in [-0.3, -0.25) is 14.4 Å². The normalized spacial score (nSPS) is 15.8. The number of aromatic amines is 1. The Balaban J connectivity index is 1.61. The Bertz CT molecular complexity index is 1160. The van der Waals surface area contributed by atoms with Gasteiger partial charge in [0.05, 0.1) is 23.4 Å². The number of para-hydroxylation sites is 1. The third kappa shape index (κ3) is 3.24. The lowest BCUT2D eigenvalue weighted by atomic mass is 9.89. The van der Waals surface area contributed by atoms with Gasteiger partial charge in [0, 0.05) is 19.2 Å². The molecule has 0 saturated carbocycles. The number of benzene rings is 2. The molecule has 1 aliphatic heterocycles. The predicted molar refractivity (Wildman–Crippen MR) is 101 cm³/mol. The van der Waals surface area contributed by atoms with E-state index < -0.39 is 11.7 Å². The van der Waals surface area contributed by atoms with E-state index in [0.29, 0.717) is 28.0 Å². The van der Waals surface area contributed by atoms with Gasteiger partial charge in [-0.1, -0.05) is 18.2 Å². The lowest BCUT2D eigenvalue weighted by Crippen LogP contribution is -2.36. The number of H-pyrrole nitrogens is 1. The maximum absolute atomic E-state index is 13.5. The number of hydrogen-bond acceptors (Lipinski definition) is 4. The van der Waals surface area contributed by atoms with Gasteiger partial charge in [-0.2, -0.15) is 0 Å². The van der Waals surface area contributed by atoms with Crippen LogP contribution in [-0.4, -0.2) is 33.7 Å². The van der Waals surface area contributed by atoms with Crippen molar-refractivity contribution in [2.24, 2.45) is 0 Å². The molecular formula is C20H17FN4O3. The van der Waals surface area contributed by atoms with Gasteiger partial charge in [-0.15, -0.1) is 0 Å². The number of anilines is 1. The number of rotatable bonds is 3. The Morgan fingerprint density at radius 3 is 2.86 bits per heavy atom. The fourth-order valence-electron chi connectivity index (χ4n) is 3.44. The number of nitrogens with one attached hydrogen (secondary N) is 2. The first-order chi connectivity index (χ1) is 13.4. The molecule has 0 radical (unpaired) electrons. The van der Waals surface area contributed by atoms with Crippen molar-refractivity contribution >= 4 is 28.4 Å². The van der Waals surface area contributed by atoms with Crippen LogP contribution in [-0.2, 0) is 16.1 Å². The molecule has 7 nitrogen and oxygen atoms in total. The van der Waals surface area contributed by atoms with E-state index in [1.807, 2.05) is 0 Å². The van der Waals surface area contributed by atoms with Gasteiger partial charge in [0.25, 0.3) is 5.56 Å². The quantitative estimate of drug-likeness (QED) is 0.728. The molecule has 1 atom stereocenters. The van der Waals surface area contributed by atoms with Crippen molar-refractivity contribution in [2.75, 3.05) is 12.4 Å². The second kappa shape index (κ2) is 6.88. The summed E-state index contributed by atoms with van der Waals surface area (Å²) in [5, 5.41) is 3.06. The van der Waals surface area contributed by atoms with Crippen LogP contribution in [0.4, 0.5) is 10.1 Å². The average molecular weight is 380 g/mol. The van der Waals surface area contributed by atoms with Gasteiger partial charge in [-0.25, -0.2) is 9.37 Å². The van der Waals surface area contributed by atoms with Crippen LogP contribution in [0.25, 0.3) is 10.9 Å². The Morgan fingerprint density at radius 2 is 2.04 bits per heavy atom. The van der Waals surface area contributed by atoms with Crippen molar-refractivity contribution in [2.45, 2.75) is 18.9 Å². The van der Waals surface area contributed by atoms with Crippen LogP contribution >= 0.6 is 0 Å². The molecule has 1 aromatic heterocycles.